The number of para-hydroxylation sites is 1. The summed E-state index contributed by atoms with van der Waals surface area (Å²) in [6.45, 7) is 7.54. The van der Waals surface area contributed by atoms with E-state index in [2.05, 4.69) is 5.32 Å². The lowest BCUT2D eigenvalue weighted by Crippen LogP contribution is -2.47. The minimum absolute atomic E-state index is 0.0703. The molecule has 1 heterocycles. The molecule has 6 nitrogen and oxygen atoms in total. The molecule has 0 aliphatic rings. The number of likely N-dealkylation sites (N-methyl/N-ethyl adjacent to an activating group) is 1. The molecule has 0 aliphatic carbocycles. The van der Waals surface area contributed by atoms with Crippen molar-refractivity contribution in [2.75, 3.05) is 13.1 Å². The molecule has 0 bridgehead atoms. The van der Waals surface area contributed by atoms with Gasteiger partial charge in [-0.1, -0.05) is 18.2 Å². The second-order valence-corrected chi connectivity index (χ2v) is 6.60. The monoisotopic (exact) mass is 330 g/mol. The Morgan fingerprint density at radius 3 is 2.50 bits per heavy atom. The van der Waals surface area contributed by atoms with Gasteiger partial charge in [-0.2, -0.15) is 0 Å². The van der Waals surface area contributed by atoms with E-state index in [9.17, 15) is 14.4 Å². The van der Waals surface area contributed by atoms with Crippen LogP contribution in [0.3, 0.4) is 0 Å². The third kappa shape index (κ3) is 4.22. The van der Waals surface area contributed by atoms with Crippen LogP contribution in [0.4, 0.5) is 0 Å². The molecule has 1 aromatic heterocycles. The van der Waals surface area contributed by atoms with Gasteiger partial charge in [0.15, 0.2) is 0 Å². The maximum absolute atomic E-state index is 12.6. The molecule has 24 heavy (non-hydrogen) atoms. The van der Waals surface area contributed by atoms with Gasteiger partial charge in [0.2, 0.25) is 5.91 Å². The van der Waals surface area contributed by atoms with Crippen molar-refractivity contribution in [3.8, 4) is 0 Å². The van der Waals surface area contributed by atoms with E-state index >= 15 is 0 Å². The summed E-state index contributed by atoms with van der Waals surface area (Å²) in [7, 11) is 0. The molecule has 0 unspecified atom stereocenters. The van der Waals surface area contributed by atoms with Crippen molar-refractivity contribution in [3.63, 3.8) is 0 Å². The largest absolute Gasteiger partial charge is 0.422 e. The zero-order valence-electron chi connectivity index (χ0n) is 14.4. The molecule has 0 saturated heterocycles. The van der Waals surface area contributed by atoms with Crippen molar-refractivity contribution in [1.82, 2.24) is 10.2 Å². The lowest BCUT2D eigenvalue weighted by molar-refractivity contribution is -0.123. The average molecular weight is 330 g/mol. The Bertz CT molecular complexity index is 818. The fourth-order valence-corrected chi connectivity index (χ4v) is 2.34. The molecule has 0 saturated carbocycles. The predicted molar refractivity (Wildman–Crippen MR) is 92.0 cm³/mol. The van der Waals surface area contributed by atoms with Crippen LogP contribution in [-0.4, -0.2) is 35.3 Å². The Labute approximate surface area is 140 Å². The SMILES string of the molecule is CCN(CC(=O)NC(C)(C)C)C(=O)c1cc2ccccc2oc1=O. The number of carbonyl (C=O) groups is 2. The lowest BCUT2D eigenvalue weighted by Gasteiger charge is -2.24. The number of benzene rings is 1. The summed E-state index contributed by atoms with van der Waals surface area (Å²) in [5.74, 6) is -0.788. The second-order valence-electron chi connectivity index (χ2n) is 6.60. The summed E-state index contributed by atoms with van der Waals surface area (Å²) in [6.07, 6.45) is 0. The molecule has 2 aromatic rings. The van der Waals surface area contributed by atoms with E-state index < -0.39 is 11.5 Å². The number of carbonyl (C=O) groups excluding carboxylic acids is 2. The molecule has 2 amide bonds. The molecule has 0 fully saturated rings. The van der Waals surface area contributed by atoms with Gasteiger partial charge in [0.05, 0.1) is 6.54 Å². The third-order valence-electron chi connectivity index (χ3n) is 3.39. The minimum Gasteiger partial charge on any atom is -0.422 e. The number of amides is 2. The first kappa shape index (κ1) is 17.7. The van der Waals surface area contributed by atoms with Gasteiger partial charge in [-0.3, -0.25) is 9.59 Å². The van der Waals surface area contributed by atoms with E-state index in [1.807, 2.05) is 20.8 Å². The smallest absolute Gasteiger partial charge is 0.349 e. The van der Waals surface area contributed by atoms with Crippen LogP contribution in [0.2, 0.25) is 0 Å². The molecule has 6 heteroatoms. The molecule has 0 atom stereocenters. The van der Waals surface area contributed by atoms with Crippen molar-refractivity contribution in [1.29, 1.82) is 0 Å². The molecule has 0 spiro atoms. The van der Waals surface area contributed by atoms with E-state index in [0.717, 1.165) is 0 Å². The Morgan fingerprint density at radius 2 is 1.88 bits per heavy atom. The number of fused-ring (bicyclic) bond motifs is 1. The van der Waals surface area contributed by atoms with Crippen LogP contribution in [0.25, 0.3) is 11.0 Å². The molecular weight excluding hydrogens is 308 g/mol. The molecule has 2 rings (SSSR count). The Balaban J connectivity index is 2.27. The highest BCUT2D eigenvalue weighted by Crippen LogP contribution is 2.13. The number of nitrogens with zero attached hydrogens (tertiary/aromatic N) is 1. The van der Waals surface area contributed by atoms with Crippen LogP contribution in [0.5, 0.6) is 0 Å². The molecule has 0 aliphatic heterocycles. The van der Waals surface area contributed by atoms with Gasteiger partial charge in [0.1, 0.15) is 11.1 Å². The van der Waals surface area contributed by atoms with E-state index in [0.29, 0.717) is 17.5 Å². The standard InChI is InChI=1S/C18H22N2O4/c1-5-20(11-15(21)19-18(2,3)4)16(22)13-10-12-8-6-7-9-14(12)24-17(13)23/h6-10H,5,11H2,1-4H3,(H,19,21). The van der Waals surface area contributed by atoms with Gasteiger partial charge in [-0.25, -0.2) is 4.79 Å². The van der Waals surface area contributed by atoms with Crippen LogP contribution in [0.1, 0.15) is 38.1 Å². The van der Waals surface area contributed by atoms with Gasteiger partial charge in [0.25, 0.3) is 5.91 Å². The number of hydrogen-bond acceptors (Lipinski definition) is 4. The van der Waals surface area contributed by atoms with Gasteiger partial charge in [-0.05, 0) is 39.8 Å². The zero-order valence-corrected chi connectivity index (χ0v) is 14.4. The van der Waals surface area contributed by atoms with Gasteiger partial charge in [-0.15, -0.1) is 0 Å². The maximum atomic E-state index is 12.6. The van der Waals surface area contributed by atoms with Crippen LogP contribution < -0.4 is 10.9 Å². The lowest BCUT2D eigenvalue weighted by atomic mass is 10.1. The minimum atomic E-state index is -0.701. The van der Waals surface area contributed by atoms with E-state index in [1.54, 1.807) is 31.2 Å². The van der Waals surface area contributed by atoms with Crippen LogP contribution >= 0.6 is 0 Å². The van der Waals surface area contributed by atoms with Crippen molar-refractivity contribution >= 4 is 22.8 Å². The summed E-state index contributed by atoms with van der Waals surface area (Å²) < 4.78 is 5.19. The van der Waals surface area contributed by atoms with E-state index in [-0.39, 0.29) is 23.6 Å². The Kier molecular flexibility index (Phi) is 5.07. The summed E-state index contributed by atoms with van der Waals surface area (Å²) in [5, 5.41) is 3.46. The highest BCUT2D eigenvalue weighted by atomic mass is 16.4. The highest BCUT2D eigenvalue weighted by Gasteiger charge is 2.23. The first-order valence-corrected chi connectivity index (χ1v) is 7.84. The normalized spacial score (nSPS) is 11.3. The average Bonchev–Trinajstić information content (AvgIpc) is 2.49. The molecule has 1 N–H and O–H groups in total. The third-order valence-corrected chi connectivity index (χ3v) is 3.39. The van der Waals surface area contributed by atoms with Crippen molar-refractivity contribution < 1.29 is 14.0 Å². The topological polar surface area (TPSA) is 79.6 Å². The summed E-state index contributed by atoms with van der Waals surface area (Å²) in [6, 6.07) is 8.48. The van der Waals surface area contributed by atoms with Gasteiger partial charge >= 0.3 is 5.63 Å². The fourth-order valence-electron chi connectivity index (χ4n) is 2.34. The number of rotatable bonds is 4. The molecule has 0 radical (unpaired) electrons. The highest BCUT2D eigenvalue weighted by molar-refractivity contribution is 5.98. The fraction of sp³-hybridized carbons (Fsp3) is 0.389. The summed E-state index contributed by atoms with van der Waals surface area (Å²) in [5.41, 5.74) is -0.735. The molecular formula is C18H22N2O4. The summed E-state index contributed by atoms with van der Waals surface area (Å²) >= 11 is 0. The first-order chi connectivity index (χ1) is 11.2. The van der Waals surface area contributed by atoms with Gasteiger partial charge < -0.3 is 14.6 Å². The van der Waals surface area contributed by atoms with Crippen LogP contribution in [0, 0.1) is 0 Å². The van der Waals surface area contributed by atoms with Crippen LogP contribution in [0.15, 0.2) is 39.5 Å². The predicted octanol–water partition coefficient (Wildman–Crippen LogP) is 2.17. The summed E-state index contributed by atoms with van der Waals surface area (Å²) in [4.78, 5) is 38.1. The maximum Gasteiger partial charge on any atom is 0.349 e. The molecule has 1 aromatic carbocycles. The number of hydrogen-bond donors (Lipinski definition) is 1. The van der Waals surface area contributed by atoms with Crippen molar-refractivity contribution in [2.45, 2.75) is 33.2 Å². The Morgan fingerprint density at radius 1 is 1.21 bits per heavy atom. The van der Waals surface area contributed by atoms with E-state index in [1.165, 1.54) is 11.0 Å². The first-order valence-electron chi connectivity index (χ1n) is 7.84. The number of nitrogens with one attached hydrogen (secondary N) is 1. The van der Waals surface area contributed by atoms with Crippen LogP contribution in [-0.2, 0) is 4.79 Å². The van der Waals surface area contributed by atoms with E-state index in [4.69, 9.17) is 4.42 Å². The second kappa shape index (κ2) is 6.86. The van der Waals surface area contributed by atoms with Crippen molar-refractivity contribution in [3.05, 3.63) is 46.3 Å². The molecule has 128 valence electrons. The zero-order chi connectivity index (χ0) is 17.9. The Hall–Kier alpha value is -2.63. The quantitative estimate of drug-likeness (QED) is 0.871. The van der Waals surface area contributed by atoms with Gasteiger partial charge in [0, 0.05) is 17.5 Å². The van der Waals surface area contributed by atoms with Crippen molar-refractivity contribution in [2.24, 2.45) is 0 Å².